The van der Waals surface area contributed by atoms with E-state index in [4.69, 9.17) is 10.5 Å². The van der Waals surface area contributed by atoms with Gasteiger partial charge in [-0.25, -0.2) is 9.97 Å². The Labute approximate surface area is 100 Å². The lowest BCUT2D eigenvalue weighted by Gasteiger charge is -2.05. The minimum atomic E-state index is 0.501. The number of aromatic nitrogens is 2. The molecule has 0 saturated heterocycles. The first-order chi connectivity index (χ1) is 8.28. The van der Waals surface area contributed by atoms with Gasteiger partial charge in [-0.3, -0.25) is 0 Å². The molecule has 17 heavy (non-hydrogen) atoms. The average Bonchev–Trinajstić information content (AvgIpc) is 2.32. The SMILES string of the molecule is CCOc1ccc(Cc2cc(N)ncn2)cc1. The Balaban J connectivity index is 2.08. The van der Waals surface area contributed by atoms with Crippen LogP contribution in [0, 0.1) is 0 Å². The van der Waals surface area contributed by atoms with Crippen LogP contribution in [0.3, 0.4) is 0 Å². The number of anilines is 1. The highest BCUT2D eigenvalue weighted by Gasteiger charge is 1.99. The van der Waals surface area contributed by atoms with Gasteiger partial charge in [-0.1, -0.05) is 12.1 Å². The highest BCUT2D eigenvalue weighted by molar-refractivity contribution is 5.33. The number of hydrogen-bond acceptors (Lipinski definition) is 4. The van der Waals surface area contributed by atoms with E-state index in [2.05, 4.69) is 9.97 Å². The summed E-state index contributed by atoms with van der Waals surface area (Å²) in [6.45, 7) is 2.65. The van der Waals surface area contributed by atoms with Crippen LogP contribution in [-0.2, 0) is 6.42 Å². The molecule has 88 valence electrons. The van der Waals surface area contributed by atoms with E-state index >= 15 is 0 Å². The molecule has 2 rings (SSSR count). The molecule has 4 heteroatoms. The summed E-state index contributed by atoms with van der Waals surface area (Å²) in [5.41, 5.74) is 7.70. The van der Waals surface area contributed by atoms with Crippen LogP contribution in [0.25, 0.3) is 0 Å². The summed E-state index contributed by atoms with van der Waals surface area (Å²) in [7, 11) is 0. The molecule has 1 heterocycles. The van der Waals surface area contributed by atoms with Crippen LogP contribution in [0.5, 0.6) is 5.75 Å². The van der Waals surface area contributed by atoms with Crippen LogP contribution in [0.1, 0.15) is 18.2 Å². The Morgan fingerprint density at radius 1 is 1.18 bits per heavy atom. The number of ether oxygens (including phenoxy) is 1. The van der Waals surface area contributed by atoms with Crippen molar-refractivity contribution in [1.29, 1.82) is 0 Å². The molecule has 0 aliphatic heterocycles. The largest absolute Gasteiger partial charge is 0.494 e. The van der Waals surface area contributed by atoms with Gasteiger partial charge in [-0.05, 0) is 24.6 Å². The monoisotopic (exact) mass is 229 g/mol. The second kappa shape index (κ2) is 5.30. The maximum atomic E-state index is 5.60. The van der Waals surface area contributed by atoms with E-state index in [1.807, 2.05) is 31.2 Å². The highest BCUT2D eigenvalue weighted by Crippen LogP contribution is 2.14. The van der Waals surface area contributed by atoms with E-state index in [9.17, 15) is 0 Å². The Bertz CT molecular complexity index is 482. The van der Waals surface area contributed by atoms with Gasteiger partial charge in [-0.2, -0.15) is 0 Å². The van der Waals surface area contributed by atoms with Crippen molar-refractivity contribution in [2.45, 2.75) is 13.3 Å². The van der Waals surface area contributed by atoms with E-state index in [1.54, 1.807) is 6.07 Å². The number of nitrogen functional groups attached to an aromatic ring is 1. The average molecular weight is 229 g/mol. The summed E-state index contributed by atoms with van der Waals surface area (Å²) < 4.78 is 5.38. The lowest BCUT2D eigenvalue weighted by atomic mass is 10.1. The third kappa shape index (κ3) is 3.17. The van der Waals surface area contributed by atoms with Crippen LogP contribution in [0.2, 0.25) is 0 Å². The molecular weight excluding hydrogens is 214 g/mol. The number of nitrogens with zero attached hydrogens (tertiary/aromatic N) is 2. The zero-order chi connectivity index (χ0) is 12.1. The van der Waals surface area contributed by atoms with Gasteiger partial charge in [-0.15, -0.1) is 0 Å². The molecule has 0 spiro atoms. The van der Waals surface area contributed by atoms with Crippen molar-refractivity contribution in [2.24, 2.45) is 0 Å². The number of rotatable bonds is 4. The number of benzene rings is 1. The number of nitrogens with two attached hydrogens (primary N) is 1. The van der Waals surface area contributed by atoms with Gasteiger partial charge in [0, 0.05) is 12.5 Å². The first kappa shape index (κ1) is 11.4. The van der Waals surface area contributed by atoms with Crippen molar-refractivity contribution in [2.75, 3.05) is 12.3 Å². The molecule has 2 aromatic rings. The zero-order valence-corrected chi connectivity index (χ0v) is 9.76. The predicted molar refractivity (Wildman–Crippen MR) is 66.9 cm³/mol. The molecular formula is C13H15N3O. The Morgan fingerprint density at radius 2 is 1.94 bits per heavy atom. The topological polar surface area (TPSA) is 61.0 Å². The van der Waals surface area contributed by atoms with Gasteiger partial charge in [0.2, 0.25) is 0 Å². The van der Waals surface area contributed by atoms with Crippen LogP contribution < -0.4 is 10.5 Å². The van der Waals surface area contributed by atoms with Crippen molar-refractivity contribution >= 4 is 5.82 Å². The molecule has 1 aromatic carbocycles. The smallest absolute Gasteiger partial charge is 0.127 e. The lowest BCUT2D eigenvalue weighted by molar-refractivity contribution is 0.340. The number of hydrogen-bond donors (Lipinski definition) is 1. The summed E-state index contributed by atoms with van der Waals surface area (Å²) in [5.74, 6) is 1.39. The van der Waals surface area contributed by atoms with Crippen LogP contribution in [-0.4, -0.2) is 16.6 Å². The summed E-state index contributed by atoms with van der Waals surface area (Å²) in [5, 5.41) is 0. The minimum Gasteiger partial charge on any atom is -0.494 e. The van der Waals surface area contributed by atoms with Gasteiger partial charge in [0.25, 0.3) is 0 Å². The summed E-state index contributed by atoms with van der Waals surface area (Å²) in [6.07, 6.45) is 2.23. The van der Waals surface area contributed by atoms with Gasteiger partial charge in [0.05, 0.1) is 12.3 Å². The van der Waals surface area contributed by atoms with E-state index in [0.29, 0.717) is 12.4 Å². The molecule has 4 nitrogen and oxygen atoms in total. The second-order valence-electron chi connectivity index (χ2n) is 3.69. The maximum absolute atomic E-state index is 5.60. The standard InChI is InChI=1S/C13H15N3O/c1-2-17-12-5-3-10(4-6-12)7-11-8-13(14)16-9-15-11/h3-6,8-9H,2,7H2,1H3,(H2,14,15,16). The van der Waals surface area contributed by atoms with E-state index in [-0.39, 0.29) is 0 Å². The molecule has 0 radical (unpaired) electrons. The predicted octanol–water partition coefficient (Wildman–Crippen LogP) is 2.05. The first-order valence-corrected chi connectivity index (χ1v) is 5.56. The molecule has 1 aromatic heterocycles. The lowest BCUT2D eigenvalue weighted by Crippen LogP contribution is -1.97. The van der Waals surface area contributed by atoms with Gasteiger partial charge < -0.3 is 10.5 Å². The van der Waals surface area contributed by atoms with Crippen molar-refractivity contribution < 1.29 is 4.74 Å². The van der Waals surface area contributed by atoms with E-state index in [0.717, 1.165) is 17.9 Å². The van der Waals surface area contributed by atoms with E-state index in [1.165, 1.54) is 11.9 Å². The fourth-order valence-corrected chi connectivity index (χ4v) is 1.59. The molecule has 0 aliphatic rings. The van der Waals surface area contributed by atoms with Gasteiger partial charge >= 0.3 is 0 Å². The fourth-order valence-electron chi connectivity index (χ4n) is 1.59. The summed E-state index contributed by atoms with van der Waals surface area (Å²) in [6, 6.07) is 9.77. The summed E-state index contributed by atoms with van der Waals surface area (Å²) in [4.78, 5) is 8.04. The quantitative estimate of drug-likeness (QED) is 0.871. The van der Waals surface area contributed by atoms with Crippen molar-refractivity contribution in [3.63, 3.8) is 0 Å². The van der Waals surface area contributed by atoms with Crippen molar-refractivity contribution in [3.8, 4) is 5.75 Å². The molecule has 0 bridgehead atoms. The molecule has 0 unspecified atom stereocenters. The van der Waals surface area contributed by atoms with Crippen molar-refractivity contribution in [3.05, 3.63) is 47.9 Å². The van der Waals surface area contributed by atoms with Gasteiger partial charge in [0.15, 0.2) is 0 Å². The fraction of sp³-hybridized carbons (Fsp3) is 0.231. The Kier molecular flexibility index (Phi) is 3.55. The first-order valence-electron chi connectivity index (χ1n) is 5.56. The molecule has 0 atom stereocenters. The second-order valence-corrected chi connectivity index (χ2v) is 3.69. The molecule has 0 aliphatic carbocycles. The molecule has 2 N–H and O–H groups in total. The highest BCUT2D eigenvalue weighted by atomic mass is 16.5. The van der Waals surface area contributed by atoms with Crippen LogP contribution in [0.15, 0.2) is 36.7 Å². The zero-order valence-electron chi connectivity index (χ0n) is 9.76. The Hall–Kier alpha value is -2.10. The normalized spacial score (nSPS) is 10.2. The maximum Gasteiger partial charge on any atom is 0.127 e. The van der Waals surface area contributed by atoms with E-state index < -0.39 is 0 Å². The minimum absolute atomic E-state index is 0.501. The van der Waals surface area contributed by atoms with Crippen LogP contribution >= 0.6 is 0 Å². The van der Waals surface area contributed by atoms with Gasteiger partial charge in [0.1, 0.15) is 17.9 Å². The third-order valence-corrected chi connectivity index (χ3v) is 2.36. The summed E-state index contributed by atoms with van der Waals surface area (Å²) >= 11 is 0. The van der Waals surface area contributed by atoms with Crippen LogP contribution in [0.4, 0.5) is 5.82 Å². The Morgan fingerprint density at radius 3 is 2.59 bits per heavy atom. The van der Waals surface area contributed by atoms with Crippen molar-refractivity contribution in [1.82, 2.24) is 9.97 Å². The molecule has 0 amide bonds. The molecule has 0 fully saturated rings. The third-order valence-electron chi connectivity index (χ3n) is 2.36. The molecule has 0 saturated carbocycles.